The summed E-state index contributed by atoms with van der Waals surface area (Å²) in [6, 6.07) is 1.16. The summed E-state index contributed by atoms with van der Waals surface area (Å²) in [4.78, 5) is 1.23. The number of aryl methyl sites for hydroxylation is 1. The van der Waals surface area contributed by atoms with E-state index >= 15 is 0 Å². The van der Waals surface area contributed by atoms with Gasteiger partial charge in [-0.25, -0.2) is 13.2 Å². The van der Waals surface area contributed by atoms with Crippen molar-refractivity contribution in [3.8, 4) is 0 Å². The minimum atomic E-state index is -1.54. The second kappa shape index (κ2) is 5.33. The number of halogens is 3. The van der Waals surface area contributed by atoms with Crippen molar-refractivity contribution < 1.29 is 13.2 Å². The molecule has 102 valence electrons. The fourth-order valence-corrected chi connectivity index (χ4v) is 1.66. The lowest BCUT2D eigenvalue weighted by Gasteiger charge is -2.15. The summed E-state index contributed by atoms with van der Waals surface area (Å²) in [7, 11) is 1.57. The summed E-state index contributed by atoms with van der Waals surface area (Å²) >= 11 is 0. The van der Waals surface area contributed by atoms with Crippen LogP contribution in [0.25, 0.3) is 0 Å². The molecule has 2 rings (SSSR count). The standard InChI is InChI=1S/C10H11F3N6/c1-19-17-8(16-18-19)4-7(15-14)5-2-3-6(11)10(13)9(5)12/h2-3,7,15H,4,14H2,1H3. The molecule has 0 bridgehead atoms. The first kappa shape index (κ1) is 13.4. The van der Waals surface area contributed by atoms with Crippen LogP contribution in [0, 0.1) is 17.5 Å². The number of rotatable bonds is 4. The van der Waals surface area contributed by atoms with Crippen LogP contribution < -0.4 is 11.3 Å². The van der Waals surface area contributed by atoms with Gasteiger partial charge in [-0.2, -0.15) is 4.80 Å². The Balaban J connectivity index is 2.29. The van der Waals surface area contributed by atoms with Crippen LogP contribution in [0.5, 0.6) is 0 Å². The van der Waals surface area contributed by atoms with Crippen LogP contribution in [0.2, 0.25) is 0 Å². The van der Waals surface area contributed by atoms with Gasteiger partial charge in [0.2, 0.25) is 0 Å². The number of hydrogen-bond donors (Lipinski definition) is 2. The maximum Gasteiger partial charge on any atom is 0.194 e. The smallest absolute Gasteiger partial charge is 0.194 e. The Morgan fingerprint density at radius 2 is 2.05 bits per heavy atom. The Morgan fingerprint density at radius 3 is 2.63 bits per heavy atom. The fourth-order valence-electron chi connectivity index (χ4n) is 1.66. The molecule has 3 N–H and O–H groups in total. The van der Waals surface area contributed by atoms with Crippen LogP contribution in [0.4, 0.5) is 13.2 Å². The van der Waals surface area contributed by atoms with Gasteiger partial charge >= 0.3 is 0 Å². The highest BCUT2D eigenvalue weighted by atomic mass is 19.2. The quantitative estimate of drug-likeness (QED) is 0.477. The predicted molar refractivity (Wildman–Crippen MR) is 58.9 cm³/mol. The van der Waals surface area contributed by atoms with E-state index < -0.39 is 23.5 Å². The van der Waals surface area contributed by atoms with Gasteiger partial charge in [-0.05, 0) is 11.3 Å². The third kappa shape index (κ3) is 2.71. The topological polar surface area (TPSA) is 81.7 Å². The number of aromatic nitrogens is 4. The second-order valence-corrected chi connectivity index (χ2v) is 3.88. The number of nitrogens with one attached hydrogen (secondary N) is 1. The number of nitrogens with two attached hydrogens (primary N) is 1. The minimum Gasteiger partial charge on any atom is -0.271 e. The van der Waals surface area contributed by atoms with E-state index in [1.165, 1.54) is 4.80 Å². The first-order valence-corrected chi connectivity index (χ1v) is 5.35. The van der Waals surface area contributed by atoms with E-state index in [2.05, 4.69) is 20.8 Å². The lowest BCUT2D eigenvalue weighted by Crippen LogP contribution is -2.31. The van der Waals surface area contributed by atoms with Crippen molar-refractivity contribution in [2.24, 2.45) is 12.9 Å². The number of hydrogen-bond acceptors (Lipinski definition) is 5. The van der Waals surface area contributed by atoms with Gasteiger partial charge in [-0.1, -0.05) is 6.07 Å². The third-order valence-electron chi connectivity index (χ3n) is 2.58. The molecular weight excluding hydrogens is 261 g/mol. The number of nitrogens with zero attached hydrogens (tertiary/aromatic N) is 4. The van der Waals surface area contributed by atoms with Crippen molar-refractivity contribution in [1.29, 1.82) is 0 Å². The number of benzene rings is 1. The van der Waals surface area contributed by atoms with Gasteiger partial charge in [0.05, 0.1) is 13.1 Å². The van der Waals surface area contributed by atoms with Gasteiger partial charge in [0.25, 0.3) is 0 Å². The molecule has 0 fully saturated rings. The van der Waals surface area contributed by atoms with Crippen molar-refractivity contribution in [2.75, 3.05) is 0 Å². The molecule has 2 aromatic rings. The molecule has 1 aromatic carbocycles. The summed E-state index contributed by atoms with van der Waals surface area (Å²) in [6.07, 6.45) is 0.0896. The Bertz CT molecular complexity index is 585. The molecule has 0 aliphatic carbocycles. The van der Waals surface area contributed by atoms with Crippen LogP contribution in [0.15, 0.2) is 12.1 Å². The average molecular weight is 272 g/mol. The largest absolute Gasteiger partial charge is 0.271 e. The number of hydrazine groups is 1. The lowest BCUT2D eigenvalue weighted by molar-refractivity contribution is 0.423. The highest BCUT2D eigenvalue weighted by molar-refractivity contribution is 5.24. The predicted octanol–water partition coefficient (Wildman–Crippen LogP) is 0.375. The Morgan fingerprint density at radius 1 is 1.32 bits per heavy atom. The van der Waals surface area contributed by atoms with Gasteiger partial charge in [0.15, 0.2) is 23.3 Å². The molecule has 6 nitrogen and oxygen atoms in total. The van der Waals surface area contributed by atoms with Gasteiger partial charge in [-0.3, -0.25) is 11.3 Å². The molecule has 1 unspecified atom stereocenters. The molecule has 0 saturated carbocycles. The Hall–Kier alpha value is -2.00. The van der Waals surface area contributed by atoms with Crippen molar-refractivity contribution in [1.82, 2.24) is 25.6 Å². The molecule has 1 aromatic heterocycles. The molecule has 0 spiro atoms. The lowest BCUT2D eigenvalue weighted by atomic mass is 10.0. The molecule has 1 heterocycles. The summed E-state index contributed by atoms with van der Waals surface area (Å²) < 4.78 is 39.7. The molecule has 0 radical (unpaired) electrons. The zero-order chi connectivity index (χ0) is 14.0. The van der Waals surface area contributed by atoms with E-state index in [-0.39, 0.29) is 12.0 Å². The summed E-state index contributed by atoms with van der Waals surface area (Å²) in [5.74, 6) is 1.52. The molecule has 9 heteroatoms. The van der Waals surface area contributed by atoms with Crippen LogP contribution in [0.1, 0.15) is 17.4 Å². The summed E-state index contributed by atoms with van der Waals surface area (Å²) in [5.41, 5.74) is 2.21. The van der Waals surface area contributed by atoms with E-state index in [0.29, 0.717) is 5.82 Å². The maximum atomic E-state index is 13.6. The van der Waals surface area contributed by atoms with Crippen LogP contribution in [-0.2, 0) is 13.5 Å². The van der Waals surface area contributed by atoms with Crippen molar-refractivity contribution in [3.05, 3.63) is 41.0 Å². The van der Waals surface area contributed by atoms with E-state index in [4.69, 9.17) is 5.84 Å². The van der Waals surface area contributed by atoms with E-state index in [1.807, 2.05) is 0 Å². The summed E-state index contributed by atoms with van der Waals surface area (Å²) in [5, 5.41) is 11.2. The monoisotopic (exact) mass is 272 g/mol. The van der Waals surface area contributed by atoms with Crippen molar-refractivity contribution in [3.63, 3.8) is 0 Å². The first-order valence-electron chi connectivity index (χ1n) is 5.35. The molecule has 0 saturated heterocycles. The van der Waals surface area contributed by atoms with Crippen LogP contribution >= 0.6 is 0 Å². The van der Waals surface area contributed by atoms with Crippen LogP contribution in [0.3, 0.4) is 0 Å². The average Bonchev–Trinajstić information content (AvgIpc) is 2.80. The zero-order valence-electron chi connectivity index (χ0n) is 9.94. The third-order valence-corrected chi connectivity index (χ3v) is 2.58. The Kier molecular flexibility index (Phi) is 3.76. The normalized spacial score (nSPS) is 12.7. The Labute approximate surface area is 106 Å². The highest BCUT2D eigenvalue weighted by Crippen LogP contribution is 2.22. The van der Waals surface area contributed by atoms with Gasteiger partial charge in [0.1, 0.15) is 0 Å². The molecule has 1 atom stereocenters. The van der Waals surface area contributed by atoms with E-state index in [1.54, 1.807) is 7.05 Å². The summed E-state index contributed by atoms with van der Waals surface area (Å²) in [6.45, 7) is 0. The second-order valence-electron chi connectivity index (χ2n) is 3.88. The van der Waals surface area contributed by atoms with E-state index in [0.717, 1.165) is 12.1 Å². The highest BCUT2D eigenvalue weighted by Gasteiger charge is 2.21. The van der Waals surface area contributed by atoms with Gasteiger partial charge in [-0.15, -0.1) is 10.2 Å². The zero-order valence-corrected chi connectivity index (χ0v) is 9.94. The molecule has 0 amide bonds. The van der Waals surface area contributed by atoms with Crippen molar-refractivity contribution >= 4 is 0 Å². The van der Waals surface area contributed by atoms with Crippen molar-refractivity contribution in [2.45, 2.75) is 12.5 Å². The molecule has 0 aliphatic rings. The van der Waals surface area contributed by atoms with E-state index in [9.17, 15) is 13.2 Å². The van der Waals surface area contributed by atoms with Gasteiger partial charge < -0.3 is 0 Å². The SMILES string of the molecule is Cn1nnc(CC(NN)c2ccc(F)c(F)c2F)n1. The minimum absolute atomic E-state index is 0.0896. The fraction of sp³-hybridized carbons (Fsp3) is 0.300. The molecular formula is C10H11F3N6. The number of tetrazole rings is 1. The molecule has 19 heavy (non-hydrogen) atoms. The van der Waals surface area contributed by atoms with Crippen LogP contribution in [-0.4, -0.2) is 20.2 Å². The first-order chi connectivity index (χ1) is 9.02. The van der Waals surface area contributed by atoms with Gasteiger partial charge in [0, 0.05) is 12.0 Å². The maximum absolute atomic E-state index is 13.6. The molecule has 0 aliphatic heterocycles.